The van der Waals surface area contributed by atoms with Crippen LogP contribution in [0.4, 0.5) is 5.69 Å². The van der Waals surface area contributed by atoms with E-state index in [-0.39, 0.29) is 11.2 Å². The number of benzene rings is 2. The molecule has 1 N–H and O–H groups in total. The highest BCUT2D eigenvalue weighted by Crippen LogP contribution is 2.30. The number of rotatable bonds is 5. The maximum Gasteiger partial charge on any atom is 0.291 e. The van der Waals surface area contributed by atoms with Gasteiger partial charge in [-0.25, -0.2) is 0 Å². The lowest BCUT2D eigenvalue weighted by atomic mass is 10.1. The van der Waals surface area contributed by atoms with Gasteiger partial charge in [0.05, 0.1) is 17.7 Å². The second-order valence-corrected chi connectivity index (χ2v) is 6.28. The van der Waals surface area contributed by atoms with Gasteiger partial charge in [0, 0.05) is 17.6 Å². The van der Waals surface area contributed by atoms with Crippen LogP contribution in [0.1, 0.15) is 23.9 Å². The summed E-state index contributed by atoms with van der Waals surface area (Å²) in [5.74, 6) is 0.106. The Morgan fingerprint density at radius 3 is 2.79 bits per heavy atom. The maximum absolute atomic E-state index is 12.7. The molecule has 6 heteroatoms. The van der Waals surface area contributed by atoms with E-state index in [1.165, 1.54) is 6.07 Å². The first kappa shape index (κ1) is 17.7. The fourth-order valence-corrected chi connectivity index (χ4v) is 2.98. The summed E-state index contributed by atoms with van der Waals surface area (Å²) in [7, 11) is 0. The largest absolute Gasteiger partial charge is 0.491 e. The third kappa shape index (κ3) is 3.32. The zero-order chi connectivity index (χ0) is 19.5. The molecule has 0 atom stereocenters. The lowest BCUT2D eigenvalue weighted by molar-refractivity contribution is 0.0997. The van der Waals surface area contributed by atoms with Crippen molar-refractivity contribution in [2.75, 3.05) is 11.9 Å². The molecule has 2 aromatic heterocycles. The fraction of sp³-hybridized carbons (Fsp3) is 0.136. The second-order valence-electron chi connectivity index (χ2n) is 6.28. The number of anilines is 1. The number of aromatic nitrogens is 1. The molecule has 4 rings (SSSR count). The first-order valence-corrected chi connectivity index (χ1v) is 9.02. The van der Waals surface area contributed by atoms with Gasteiger partial charge in [-0.05, 0) is 42.8 Å². The molecular weight excluding hydrogens is 356 g/mol. The smallest absolute Gasteiger partial charge is 0.291 e. The van der Waals surface area contributed by atoms with Crippen LogP contribution in [-0.2, 0) is 0 Å². The monoisotopic (exact) mass is 374 g/mol. The van der Waals surface area contributed by atoms with Gasteiger partial charge in [0.15, 0.2) is 11.2 Å². The highest BCUT2D eigenvalue weighted by atomic mass is 16.5. The Kier molecular flexibility index (Phi) is 4.76. The number of nitrogens with one attached hydrogen (secondary N) is 1. The average molecular weight is 374 g/mol. The Morgan fingerprint density at radius 1 is 1.11 bits per heavy atom. The lowest BCUT2D eigenvalue weighted by Crippen LogP contribution is -2.15. The number of carbonyl (C=O) groups is 1. The summed E-state index contributed by atoms with van der Waals surface area (Å²) in [6.07, 6.45) is 2.56. The van der Waals surface area contributed by atoms with Crippen LogP contribution in [-0.4, -0.2) is 17.5 Å². The molecule has 2 aromatic carbocycles. The van der Waals surface area contributed by atoms with Crippen LogP contribution in [0.2, 0.25) is 0 Å². The Bertz CT molecular complexity index is 1230. The van der Waals surface area contributed by atoms with Crippen molar-refractivity contribution < 1.29 is 13.9 Å². The van der Waals surface area contributed by atoms with Crippen LogP contribution in [0, 0.1) is 0 Å². The summed E-state index contributed by atoms with van der Waals surface area (Å²) in [5.41, 5.74) is 1.33. The molecule has 2 heterocycles. The highest BCUT2D eigenvalue weighted by Gasteiger charge is 2.15. The summed E-state index contributed by atoms with van der Waals surface area (Å²) < 4.78 is 11.4. The zero-order valence-electron chi connectivity index (χ0n) is 15.3. The maximum atomic E-state index is 12.7. The van der Waals surface area contributed by atoms with E-state index in [0.717, 1.165) is 11.8 Å². The van der Waals surface area contributed by atoms with Crippen molar-refractivity contribution in [1.82, 2.24) is 4.98 Å². The third-order valence-electron chi connectivity index (χ3n) is 4.30. The van der Waals surface area contributed by atoms with Gasteiger partial charge in [0.25, 0.3) is 5.91 Å². The molecule has 0 saturated carbocycles. The molecular formula is C22H18N2O4. The molecule has 0 spiro atoms. The molecule has 0 aliphatic heterocycles. The van der Waals surface area contributed by atoms with E-state index < -0.39 is 5.91 Å². The number of ether oxygens (including phenoxy) is 1. The number of carbonyl (C=O) groups excluding carboxylic acids is 1. The minimum absolute atomic E-state index is 0.0490. The highest BCUT2D eigenvalue weighted by molar-refractivity contribution is 6.08. The van der Waals surface area contributed by atoms with E-state index in [1.54, 1.807) is 48.7 Å². The van der Waals surface area contributed by atoms with E-state index in [4.69, 9.17) is 9.15 Å². The van der Waals surface area contributed by atoms with Crippen LogP contribution in [0.15, 0.2) is 70.0 Å². The van der Waals surface area contributed by atoms with Gasteiger partial charge in [-0.3, -0.25) is 14.6 Å². The Morgan fingerprint density at radius 2 is 1.93 bits per heavy atom. The first-order chi connectivity index (χ1) is 13.7. The predicted molar refractivity (Wildman–Crippen MR) is 108 cm³/mol. The Hall–Kier alpha value is -3.67. The van der Waals surface area contributed by atoms with Gasteiger partial charge in [0.2, 0.25) is 0 Å². The van der Waals surface area contributed by atoms with Crippen LogP contribution >= 0.6 is 0 Å². The number of hydrogen-bond acceptors (Lipinski definition) is 5. The van der Waals surface area contributed by atoms with Gasteiger partial charge >= 0.3 is 0 Å². The van der Waals surface area contributed by atoms with Crippen LogP contribution < -0.4 is 15.5 Å². The topological polar surface area (TPSA) is 81.4 Å². The SMILES string of the molecule is CCCOc1ccc(NC(=O)c2cc(=O)c3ccccc3o2)c2cccnc12. The van der Waals surface area contributed by atoms with Gasteiger partial charge in [-0.2, -0.15) is 0 Å². The van der Waals surface area contributed by atoms with Crippen molar-refractivity contribution >= 4 is 33.5 Å². The van der Waals surface area contributed by atoms with E-state index >= 15 is 0 Å². The molecule has 0 aliphatic carbocycles. The van der Waals surface area contributed by atoms with Gasteiger partial charge in [-0.15, -0.1) is 0 Å². The predicted octanol–water partition coefficient (Wildman–Crippen LogP) is 4.38. The average Bonchev–Trinajstić information content (AvgIpc) is 2.73. The van der Waals surface area contributed by atoms with Crippen molar-refractivity contribution in [2.24, 2.45) is 0 Å². The first-order valence-electron chi connectivity index (χ1n) is 9.02. The lowest BCUT2D eigenvalue weighted by Gasteiger charge is -2.12. The van der Waals surface area contributed by atoms with Crippen LogP contribution in [0.25, 0.3) is 21.9 Å². The van der Waals surface area contributed by atoms with E-state index in [2.05, 4.69) is 10.3 Å². The van der Waals surface area contributed by atoms with E-state index in [9.17, 15) is 9.59 Å². The van der Waals surface area contributed by atoms with Crippen molar-refractivity contribution in [2.45, 2.75) is 13.3 Å². The third-order valence-corrected chi connectivity index (χ3v) is 4.30. The zero-order valence-corrected chi connectivity index (χ0v) is 15.3. The number of amides is 1. The van der Waals surface area contributed by atoms with Crippen LogP contribution in [0.3, 0.4) is 0 Å². The Balaban J connectivity index is 1.70. The molecule has 28 heavy (non-hydrogen) atoms. The number of pyridine rings is 1. The van der Waals surface area contributed by atoms with E-state index in [0.29, 0.717) is 34.5 Å². The van der Waals surface area contributed by atoms with Crippen molar-refractivity contribution in [1.29, 1.82) is 0 Å². The normalized spacial score (nSPS) is 10.9. The fourth-order valence-electron chi connectivity index (χ4n) is 2.98. The summed E-state index contributed by atoms with van der Waals surface area (Å²) >= 11 is 0. The number of para-hydroxylation sites is 1. The quantitative estimate of drug-likeness (QED) is 0.560. The van der Waals surface area contributed by atoms with Gasteiger partial charge < -0.3 is 14.5 Å². The summed E-state index contributed by atoms with van der Waals surface area (Å²) in [5, 5.41) is 3.99. The molecule has 0 aliphatic rings. The van der Waals surface area contributed by atoms with Crippen molar-refractivity contribution in [3.63, 3.8) is 0 Å². The molecule has 6 nitrogen and oxygen atoms in total. The summed E-state index contributed by atoms with van der Waals surface area (Å²) in [6.45, 7) is 2.61. The molecule has 0 fully saturated rings. The van der Waals surface area contributed by atoms with E-state index in [1.807, 2.05) is 13.0 Å². The Labute approximate surface area is 160 Å². The number of hydrogen-bond donors (Lipinski definition) is 1. The molecule has 4 aromatic rings. The van der Waals surface area contributed by atoms with Crippen LogP contribution in [0.5, 0.6) is 5.75 Å². The minimum atomic E-state index is -0.504. The second kappa shape index (κ2) is 7.52. The van der Waals surface area contributed by atoms with Crippen molar-refractivity contribution in [3.8, 4) is 5.75 Å². The molecule has 140 valence electrons. The molecule has 0 unspecified atom stereocenters. The summed E-state index contributed by atoms with van der Waals surface area (Å²) in [6, 6.07) is 15.2. The van der Waals surface area contributed by atoms with Gasteiger partial charge in [-0.1, -0.05) is 19.1 Å². The molecule has 0 radical (unpaired) electrons. The summed E-state index contributed by atoms with van der Waals surface area (Å²) in [4.78, 5) is 29.3. The molecule has 1 amide bonds. The number of nitrogens with zero attached hydrogens (tertiary/aromatic N) is 1. The number of fused-ring (bicyclic) bond motifs is 2. The van der Waals surface area contributed by atoms with Gasteiger partial charge in [0.1, 0.15) is 16.8 Å². The molecule has 0 bridgehead atoms. The molecule has 0 saturated heterocycles. The minimum Gasteiger partial charge on any atom is -0.491 e. The van der Waals surface area contributed by atoms with Crippen molar-refractivity contribution in [3.05, 3.63) is 76.8 Å². The standard InChI is InChI=1S/C22H18N2O4/c1-2-12-27-19-10-9-16(14-7-5-11-23-21(14)19)24-22(26)20-13-17(25)15-6-3-4-8-18(15)28-20/h3-11,13H,2,12H2,1H3,(H,24,26).